The van der Waals surface area contributed by atoms with E-state index in [1.807, 2.05) is 60.7 Å². The molecule has 2 N–H and O–H groups in total. The number of rotatable bonds is 7. The molecule has 5 nitrogen and oxygen atoms in total. The van der Waals surface area contributed by atoms with Gasteiger partial charge in [-0.3, -0.25) is 15.0 Å². The third-order valence-electron chi connectivity index (χ3n) is 3.28. The number of carbonyl (C=O) groups excluding carboxylic acids is 2. The van der Waals surface area contributed by atoms with Crippen LogP contribution in [-0.2, 0) is 14.3 Å². The summed E-state index contributed by atoms with van der Waals surface area (Å²) >= 11 is 0. The molecule has 0 aliphatic heterocycles. The molecule has 0 spiro atoms. The first kappa shape index (κ1) is 16.7. The van der Waals surface area contributed by atoms with E-state index >= 15 is 0 Å². The van der Waals surface area contributed by atoms with Crippen molar-refractivity contribution in [2.24, 2.45) is 0 Å². The molecule has 0 bridgehead atoms. The number of ether oxygens (including phenoxy) is 1. The monoisotopic (exact) mass is 312 g/mol. The van der Waals surface area contributed by atoms with Gasteiger partial charge in [-0.25, -0.2) is 5.43 Å². The van der Waals surface area contributed by atoms with Gasteiger partial charge in [-0.2, -0.15) is 0 Å². The fourth-order valence-corrected chi connectivity index (χ4v) is 2.27. The van der Waals surface area contributed by atoms with Crippen molar-refractivity contribution in [2.75, 3.05) is 13.2 Å². The van der Waals surface area contributed by atoms with E-state index in [1.165, 1.54) is 0 Å². The standard InChI is InChI=1S/C18H20N2O3/c1-2-23-16(21)13-19-20-18(22)17(14-9-5-3-6-10-14)15-11-7-4-8-12-15/h3-12,17,19H,2,13H2,1H3,(H,20,22). The van der Waals surface area contributed by atoms with Gasteiger partial charge in [0.15, 0.2) is 0 Å². The Hall–Kier alpha value is -2.66. The predicted molar refractivity (Wildman–Crippen MR) is 87.5 cm³/mol. The lowest BCUT2D eigenvalue weighted by Gasteiger charge is -2.18. The average Bonchev–Trinajstić information content (AvgIpc) is 2.57. The van der Waals surface area contributed by atoms with Crippen molar-refractivity contribution in [3.05, 3.63) is 71.8 Å². The van der Waals surface area contributed by atoms with Crippen LogP contribution < -0.4 is 10.9 Å². The molecule has 0 aliphatic rings. The number of esters is 1. The maximum atomic E-state index is 12.6. The van der Waals surface area contributed by atoms with Crippen LogP contribution in [0.4, 0.5) is 0 Å². The summed E-state index contributed by atoms with van der Waals surface area (Å²) in [7, 11) is 0. The van der Waals surface area contributed by atoms with Gasteiger partial charge in [0.2, 0.25) is 5.91 Å². The summed E-state index contributed by atoms with van der Waals surface area (Å²) < 4.78 is 4.80. The van der Waals surface area contributed by atoms with Crippen LogP contribution in [0.3, 0.4) is 0 Å². The fraction of sp³-hybridized carbons (Fsp3) is 0.222. The maximum Gasteiger partial charge on any atom is 0.321 e. The first-order valence-electron chi connectivity index (χ1n) is 7.50. The molecule has 0 fully saturated rings. The van der Waals surface area contributed by atoms with E-state index in [-0.39, 0.29) is 12.5 Å². The van der Waals surface area contributed by atoms with Crippen LogP contribution in [0.25, 0.3) is 0 Å². The average molecular weight is 312 g/mol. The van der Waals surface area contributed by atoms with Crippen molar-refractivity contribution in [2.45, 2.75) is 12.8 Å². The largest absolute Gasteiger partial charge is 0.465 e. The van der Waals surface area contributed by atoms with Crippen molar-refractivity contribution in [3.63, 3.8) is 0 Å². The van der Waals surface area contributed by atoms with Gasteiger partial charge >= 0.3 is 5.97 Å². The maximum absolute atomic E-state index is 12.6. The Kier molecular flexibility index (Phi) is 6.32. The molecule has 0 saturated carbocycles. The fourth-order valence-electron chi connectivity index (χ4n) is 2.27. The normalized spacial score (nSPS) is 10.3. The molecule has 0 atom stereocenters. The SMILES string of the molecule is CCOC(=O)CNNC(=O)C(c1ccccc1)c1ccccc1. The lowest BCUT2D eigenvalue weighted by Crippen LogP contribution is -2.43. The Labute approximate surface area is 135 Å². The minimum atomic E-state index is -0.452. The number of hydrazine groups is 1. The molecule has 0 heterocycles. The topological polar surface area (TPSA) is 67.4 Å². The quantitative estimate of drug-likeness (QED) is 0.606. The molecule has 0 aliphatic carbocycles. The molecule has 5 heteroatoms. The number of nitrogens with one attached hydrogen (secondary N) is 2. The third-order valence-corrected chi connectivity index (χ3v) is 3.28. The molecule has 120 valence electrons. The molecule has 2 aromatic rings. The Balaban J connectivity index is 2.09. The summed E-state index contributed by atoms with van der Waals surface area (Å²) in [6, 6.07) is 19.0. The molecule has 0 aromatic heterocycles. The van der Waals surface area contributed by atoms with Crippen molar-refractivity contribution >= 4 is 11.9 Å². The zero-order valence-electron chi connectivity index (χ0n) is 13.0. The molecule has 0 unspecified atom stereocenters. The lowest BCUT2D eigenvalue weighted by atomic mass is 9.91. The zero-order chi connectivity index (χ0) is 16.5. The number of benzene rings is 2. The summed E-state index contributed by atoms with van der Waals surface area (Å²) in [5, 5.41) is 0. The predicted octanol–water partition coefficient (Wildman–Crippen LogP) is 2.00. The number of hydrogen-bond donors (Lipinski definition) is 2. The molecular formula is C18H20N2O3. The van der Waals surface area contributed by atoms with Crippen molar-refractivity contribution < 1.29 is 14.3 Å². The Morgan fingerprint density at radius 2 is 1.48 bits per heavy atom. The summed E-state index contributed by atoms with van der Waals surface area (Å²) in [5.41, 5.74) is 6.96. The van der Waals surface area contributed by atoms with Crippen LogP contribution in [-0.4, -0.2) is 25.0 Å². The smallest absolute Gasteiger partial charge is 0.321 e. The number of carbonyl (C=O) groups is 2. The highest BCUT2D eigenvalue weighted by Crippen LogP contribution is 2.24. The summed E-state index contributed by atoms with van der Waals surface area (Å²) in [6.45, 7) is 1.97. The van der Waals surface area contributed by atoms with Gasteiger partial charge in [0.1, 0.15) is 6.54 Å². The molecule has 1 amide bonds. The van der Waals surface area contributed by atoms with E-state index in [9.17, 15) is 9.59 Å². The van der Waals surface area contributed by atoms with Crippen LogP contribution in [0.1, 0.15) is 24.0 Å². The van der Waals surface area contributed by atoms with Gasteiger partial charge in [0.05, 0.1) is 12.5 Å². The Morgan fingerprint density at radius 3 is 1.96 bits per heavy atom. The minimum Gasteiger partial charge on any atom is -0.465 e. The van der Waals surface area contributed by atoms with E-state index in [0.29, 0.717) is 6.61 Å². The van der Waals surface area contributed by atoms with Crippen LogP contribution in [0, 0.1) is 0 Å². The number of amides is 1. The summed E-state index contributed by atoms with van der Waals surface area (Å²) in [4.78, 5) is 23.9. The van der Waals surface area contributed by atoms with Gasteiger partial charge in [-0.05, 0) is 18.1 Å². The Morgan fingerprint density at radius 1 is 0.957 bits per heavy atom. The highest BCUT2D eigenvalue weighted by molar-refractivity contribution is 5.87. The van der Waals surface area contributed by atoms with Crippen LogP contribution in [0.5, 0.6) is 0 Å². The molecule has 2 aromatic carbocycles. The van der Waals surface area contributed by atoms with Gasteiger partial charge < -0.3 is 4.74 Å². The van der Waals surface area contributed by atoms with Crippen LogP contribution >= 0.6 is 0 Å². The molecular weight excluding hydrogens is 292 g/mol. The molecule has 0 saturated heterocycles. The third kappa shape index (κ3) is 4.93. The van der Waals surface area contributed by atoms with Crippen molar-refractivity contribution in [3.8, 4) is 0 Å². The highest BCUT2D eigenvalue weighted by Gasteiger charge is 2.22. The molecule has 0 radical (unpaired) electrons. The van der Waals surface area contributed by atoms with E-state index in [2.05, 4.69) is 10.9 Å². The van der Waals surface area contributed by atoms with Gasteiger partial charge in [0, 0.05) is 0 Å². The summed E-state index contributed by atoms with van der Waals surface area (Å²) in [5.74, 6) is -1.09. The second kappa shape index (κ2) is 8.70. The second-order valence-electron chi connectivity index (χ2n) is 4.90. The van der Waals surface area contributed by atoms with E-state index in [1.54, 1.807) is 6.92 Å². The van der Waals surface area contributed by atoms with Gasteiger partial charge in [-0.1, -0.05) is 60.7 Å². The lowest BCUT2D eigenvalue weighted by molar-refractivity contribution is -0.142. The van der Waals surface area contributed by atoms with Crippen LogP contribution in [0.15, 0.2) is 60.7 Å². The first-order chi connectivity index (χ1) is 11.2. The number of hydrogen-bond acceptors (Lipinski definition) is 4. The van der Waals surface area contributed by atoms with E-state index < -0.39 is 11.9 Å². The van der Waals surface area contributed by atoms with Crippen molar-refractivity contribution in [1.82, 2.24) is 10.9 Å². The summed E-state index contributed by atoms with van der Waals surface area (Å²) in [6.07, 6.45) is 0. The minimum absolute atomic E-state index is 0.0735. The van der Waals surface area contributed by atoms with Crippen molar-refractivity contribution in [1.29, 1.82) is 0 Å². The van der Waals surface area contributed by atoms with Gasteiger partial charge in [-0.15, -0.1) is 0 Å². The van der Waals surface area contributed by atoms with E-state index in [4.69, 9.17) is 4.74 Å². The molecule has 23 heavy (non-hydrogen) atoms. The highest BCUT2D eigenvalue weighted by atomic mass is 16.5. The Bertz CT molecular complexity index is 590. The van der Waals surface area contributed by atoms with Gasteiger partial charge in [0.25, 0.3) is 0 Å². The molecule has 2 rings (SSSR count). The first-order valence-corrected chi connectivity index (χ1v) is 7.50. The van der Waals surface area contributed by atoms with E-state index in [0.717, 1.165) is 11.1 Å². The zero-order valence-corrected chi connectivity index (χ0v) is 13.0. The second-order valence-corrected chi connectivity index (χ2v) is 4.90. The van der Waals surface area contributed by atoms with Crippen LogP contribution in [0.2, 0.25) is 0 Å².